The van der Waals surface area contributed by atoms with Crippen LogP contribution in [-0.4, -0.2) is 10.2 Å². The Hall–Kier alpha value is -1.84. The van der Waals surface area contributed by atoms with Crippen molar-refractivity contribution in [1.82, 2.24) is 10.2 Å². The molecule has 0 spiro atoms. The first kappa shape index (κ1) is 10.7. The highest BCUT2D eigenvalue weighted by molar-refractivity contribution is 5.62. The predicted molar refractivity (Wildman–Crippen MR) is 62.9 cm³/mol. The number of rotatable bonds is 3. The van der Waals surface area contributed by atoms with Gasteiger partial charge in [0, 0.05) is 17.7 Å². The summed E-state index contributed by atoms with van der Waals surface area (Å²) in [5, 5.41) is 7.98. The van der Waals surface area contributed by atoms with E-state index < -0.39 is 0 Å². The van der Waals surface area contributed by atoms with Crippen LogP contribution in [0.2, 0.25) is 0 Å². The van der Waals surface area contributed by atoms with Gasteiger partial charge >= 0.3 is 0 Å². The molecule has 0 aliphatic rings. The Bertz CT molecular complexity index is 491. The number of benzene rings is 1. The molecule has 0 amide bonds. The maximum atomic E-state index is 5.83. The van der Waals surface area contributed by atoms with Crippen LogP contribution in [0, 0.1) is 6.92 Å². The monoisotopic (exact) mass is 217 g/mol. The van der Waals surface area contributed by atoms with Crippen LogP contribution in [0.3, 0.4) is 0 Å². The zero-order valence-corrected chi connectivity index (χ0v) is 9.53. The molecule has 4 nitrogen and oxygen atoms in total. The summed E-state index contributed by atoms with van der Waals surface area (Å²) >= 11 is 0. The fraction of sp³-hybridized carbons (Fsp3) is 0.333. The predicted octanol–water partition coefficient (Wildman–Crippen LogP) is 2.58. The topological polar surface area (TPSA) is 64.9 Å². The number of aryl methyl sites for hydroxylation is 2. The molecule has 1 aromatic heterocycles. The van der Waals surface area contributed by atoms with Crippen molar-refractivity contribution in [3.8, 4) is 11.5 Å². The Morgan fingerprint density at radius 3 is 2.81 bits per heavy atom. The van der Waals surface area contributed by atoms with Gasteiger partial charge in [0.15, 0.2) is 0 Å². The Kier molecular flexibility index (Phi) is 2.90. The molecule has 0 atom stereocenters. The van der Waals surface area contributed by atoms with Crippen LogP contribution in [0.15, 0.2) is 22.6 Å². The van der Waals surface area contributed by atoms with Crippen LogP contribution in [0.25, 0.3) is 11.5 Å². The van der Waals surface area contributed by atoms with E-state index in [9.17, 15) is 0 Å². The highest BCUT2D eigenvalue weighted by Crippen LogP contribution is 2.22. The molecule has 2 N–H and O–H groups in total. The van der Waals surface area contributed by atoms with E-state index in [1.54, 1.807) is 0 Å². The zero-order valence-electron chi connectivity index (χ0n) is 9.53. The Labute approximate surface area is 94.5 Å². The van der Waals surface area contributed by atoms with Gasteiger partial charge in [0.25, 0.3) is 0 Å². The summed E-state index contributed by atoms with van der Waals surface area (Å²) in [6.07, 6.45) is 1.81. The lowest BCUT2D eigenvalue weighted by Crippen LogP contribution is -1.89. The molecule has 0 saturated carbocycles. The molecule has 0 bridgehead atoms. The van der Waals surface area contributed by atoms with Crippen molar-refractivity contribution in [1.29, 1.82) is 0 Å². The molecule has 0 saturated heterocycles. The van der Waals surface area contributed by atoms with Crippen molar-refractivity contribution >= 4 is 5.69 Å². The summed E-state index contributed by atoms with van der Waals surface area (Å²) < 4.78 is 5.53. The van der Waals surface area contributed by atoms with Gasteiger partial charge < -0.3 is 10.2 Å². The van der Waals surface area contributed by atoms with Crippen molar-refractivity contribution in [2.75, 3.05) is 5.73 Å². The number of nitrogens with two attached hydrogens (primary N) is 1. The van der Waals surface area contributed by atoms with Crippen LogP contribution in [0.5, 0.6) is 0 Å². The molecule has 0 aliphatic heterocycles. The number of anilines is 1. The van der Waals surface area contributed by atoms with Crippen LogP contribution < -0.4 is 5.73 Å². The maximum absolute atomic E-state index is 5.83. The molecule has 4 heteroatoms. The molecule has 0 fully saturated rings. The fourth-order valence-electron chi connectivity index (χ4n) is 1.46. The van der Waals surface area contributed by atoms with E-state index in [-0.39, 0.29) is 0 Å². The molecule has 1 heterocycles. The van der Waals surface area contributed by atoms with E-state index in [0.29, 0.717) is 11.8 Å². The third kappa shape index (κ3) is 2.05. The van der Waals surface area contributed by atoms with Crippen LogP contribution >= 0.6 is 0 Å². The van der Waals surface area contributed by atoms with Gasteiger partial charge in [-0.2, -0.15) is 0 Å². The minimum atomic E-state index is 0.537. The molecular formula is C12H15N3O. The molecule has 0 unspecified atom stereocenters. The summed E-state index contributed by atoms with van der Waals surface area (Å²) in [4.78, 5) is 0. The third-order valence-corrected chi connectivity index (χ3v) is 2.46. The SMILES string of the molecule is CCCc1nnc(-c2ccc(C)c(N)c2)o1. The summed E-state index contributed by atoms with van der Waals surface area (Å²) in [6.45, 7) is 4.04. The lowest BCUT2D eigenvalue weighted by atomic mass is 10.1. The first-order valence-corrected chi connectivity index (χ1v) is 5.39. The van der Waals surface area contributed by atoms with Gasteiger partial charge in [-0.25, -0.2) is 0 Å². The van der Waals surface area contributed by atoms with Gasteiger partial charge in [0.2, 0.25) is 11.8 Å². The molecule has 2 aromatic rings. The van der Waals surface area contributed by atoms with Gasteiger partial charge in [-0.15, -0.1) is 10.2 Å². The smallest absolute Gasteiger partial charge is 0.247 e. The standard InChI is InChI=1S/C12H15N3O/c1-3-4-11-14-15-12(16-11)9-6-5-8(2)10(13)7-9/h5-7H,3-4,13H2,1-2H3. The average molecular weight is 217 g/mol. The number of nitrogen functional groups attached to an aromatic ring is 1. The zero-order chi connectivity index (χ0) is 11.5. The first-order chi connectivity index (χ1) is 7.70. The Morgan fingerprint density at radius 2 is 2.12 bits per heavy atom. The lowest BCUT2D eigenvalue weighted by Gasteiger charge is -2.00. The van der Waals surface area contributed by atoms with Gasteiger partial charge in [-0.3, -0.25) is 0 Å². The number of hydrogen-bond donors (Lipinski definition) is 1. The molecule has 1 aromatic carbocycles. The van der Waals surface area contributed by atoms with Gasteiger partial charge in [0.05, 0.1) is 0 Å². The highest BCUT2D eigenvalue weighted by Gasteiger charge is 2.08. The van der Waals surface area contributed by atoms with Crippen LogP contribution in [-0.2, 0) is 6.42 Å². The summed E-state index contributed by atoms with van der Waals surface area (Å²) in [5.74, 6) is 1.21. The third-order valence-electron chi connectivity index (χ3n) is 2.46. The van der Waals surface area contributed by atoms with Gasteiger partial charge in [0.1, 0.15) is 0 Å². The van der Waals surface area contributed by atoms with Crippen molar-refractivity contribution in [2.24, 2.45) is 0 Å². The summed E-state index contributed by atoms with van der Waals surface area (Å²) in [7, 11) is 0. The number of hydrogen-bond acceptors (Lipinski definition) is 4. The van der Waals surface area contributed by atoms with E-state index in [1.807, 2.05) is 25.1 Å². The van der Waals surface area contributed by atoms with E-state index in [1.165, 1.54) is 0 Å². The van der Waals surface area contributed by atoms with Crippen molar-refractivity contribution in [2.45, 2.75) is 26.7 Å². The van der Waals surface area contributed by atoms with Gasteiger partial charge in [-0.1, -0.05) is 13.0 Å². The molecular weight excluding hydrogens is 202 g/mol. The molecule has 0 aliphatic carbocycles. The lowest BCUT2D eigenvalue weighted by molar-refractivity contribution is 0.502. The maximum Gasteiger partial charge on any atom is 0.247 e. The number of nitrogens with zero attached hydrogens (tertiary/aromatic N) is 2. The Balaban J connectivity index is 2.31. The van der Waals surface area contributed by atoms with E-state index in [0.717, 1.165) is 29.7 Å². The van der Waals surface area contributed by atoms with E-state index >= 15 is 0 Å². The largest absolute Gasteiger partial charge is 0.421 e. The molecule has 2 rings (SSSR count). The van der Waals surface area contributed by atoms with Gasteiger partial charge in [-0.05, 0) is 31.0 Å². The van der Waals surface area contributed by atoms with E-state index in [4.69, 9.17) is 10.2 Å². The second-order valence-corrected chi connectivity index (χ2v) is 3.82. The summed E-state index contributed by atoms with van der Waals surface area (Å²) in [5.41, 5.74) is 8.50. The second-order valence-electron chi connectivity index (χ2n) is 3.82. The first-order valence-electron chi connectivity index (χ1n) is 5.39. The summed E-state index contributed by atoms with van der Waals surface area (Å²) in [6, 6.07) is 5.75. The minimum absolute atomic E-state index is 0.537. The van der Waals surface area contributed by atoms with Crippen LogP contribution in [0.1, 0.15) is 24.8 Å². The van der Waals surface area contributed by atoms with Crippen molar-refractivity contribution in [3.63, 3.8) is 0 Å². The average Bonchev–Trinajstić information content (AvgIpc) is 2.71. The molecule has 84 valence electrons. The quantitative estimate of drug-likeness (QED) is 0.802. The molecule has 16 heavy (non-hydrogen) atoms. The van der Waals surface area contributed by atoms with Crippen molar-refractivity contribution < 1.29 is 4.42 Å². The van der Waals surface area contributed by atoms with Crippen LogP contribution in [0.4, 0.5) is 5.69 Å². The fourth-order valence-corrected chi connectivity index (χ4v) is 1.46. The van der Waals surface area contributed by atoms with Crippen molar-refractivity contribution in [3.05, 3.63) is 29.7 Å². The Morgan fingerprint density at radius 1 is 1.31 bits per heavy atom. The second kappa shape index (κ2) is 4.35. The minimum Gasteiger partial charge on any atom is -0.421 e. The van der Waals surface area contributed by atoms with E-state index in [2.05, 4.69) is 17.1 Å². The molecule has 0 radical (unpaired) electrons. The normalized spacial score (nSPS) is 10.6. The highest BCUT2D eigenvalue weighted by atomic mass is 16.4. The number of aromatic nitrogens is 2.